The Morgan fingerprint density at radius 1 is 1.15 bits per heavy atom. The predicted octanol–water partition coefficient (Wildman–Crippen LogP) is 4.90. The molecule has 0 unspecified atom stereocenters. The molecule has 0 bridgehead atoms. The summed E-state index contributed by atoms with van der Waals surface area (Å²) < 4.78 is 29.2. The summed E-state index contributed by atoms with van der Waals surface area (Å²) in [6, 6.07) is 7.45. The Hall–Kier alpha value is -4.47. The lowest BCUT2D eigenvalue weighted by Gasteiger charge is -2.15. The Labute approximate surface area is 225 Å². The Bertz CT molecular complexity index is 1490. The molecule has 1 aliphatic carbocycles. The highest BCUT2D eigenvalue weighted by Crippen LogP contribution is 2.31. The Morgan fingerprint density at radius 2 is 1.90 bits per heavy atom. The molecule has 4 rings (SSSR count). The van der Waals surface area contributed by atoms with Gasteiger partial charge in [-0.15, -0.1) is 0 Å². The van der Waals surface area contributed by atoms with Gasteiger partial charge in [-0.25, -0.2) is 8.78 Å². The van der Waals surface area contributed by atoms with E-state index in [4.69, 9.17) is 5.73 Å². The number of nitrogens with zero attached hydrogens (tertiary/aromatic N) is 3. The maximum Gasteiger partial charge on any atom is 0.255 e. The Kier molecular flexibility index (Phi) is 7.85. The summed E-state index contributed by atoms with van der Waals surface area (Å²) in [6.07, 6.45) is 7.82. The molecule has 0 atom stereocenters. The second kappa shape index (κ2) is 11.1. The van der Waals surface area contributed by atoms with Crippen LogP contribution in [-0.2, 0) is 10.5 Å². The van der Waals surface area contributed by atoms with Gasteiger partial charge in [0, 0.05) is 60.0 Å². The van der Waals surface area contributed by atoms with Crippen LogP contribution in [0.5, 0.6) is 0 Å². The van der Waals surface area contributed by atoms with Crippen LogP contribution in [0.2, 0.25) is 0 Å². The van der Waals surface area contributed by atoms with Crippen molar-refractivity contribution in [3.05, 3.63) is 83.2 Å². The number of aryl methyl sites for hydroxylation is 1. The van der Waals surface area contributed by atoms with Crippen LogP contribution in [0, 0.1) is 18.7 Å². The Morgan fingerprint density at radius 3 is 2.56 bits per heavy atom. The summed E-state index contributed by atoms with van der Waals surface area (Å²) in [5.41, 5.74) is 7.64. The molecule has 2 amide bonds. The van der Waals surface area contributed by atoms with E-state index in [1.807, 2.05) is 6.07 Å². The molecule has 4 N–H and O–H groups in total. The van der Waals surface area contributed by atoms with Crippen molar-refractivity contribution in [3.8, 4) is 11.1 Å². The average Bonchev–Trinajstić information content (AvgIpc) is 3.74. The number of rotatable bonds is 8. The van der Waals surface area contributed by atoms with Crippen LogP contribution in [0.3, 0.4) is 0 Å². The molecule has 1 aliphatic rings. The average molecular weight is 533 g/mol. The quantitative estimate of drug-likeness (QED) is 0.280. The lowest BCUT2D eigenvalue weighted by Crippen LogP contribution is -2.17. The highest BCUT2D eigenvalue weighted by molar-refractivity contribution is 6.05. The van der Waals surface area contributed by atoms with Crippen molar-refractivity contribution in [2.75, 3.05) is 12.4 Å². The number of aliphatic imine (C=N–C) groups is 1. The van der Waals surface area contributed by atoms with Gasteiger partial charge in [0.05, 0.1) is 11.4 Å². The summed E-state index contributed by atoms with van der Waals surface area (Å²) >= 11 is 0. The fourth-order valence-corrected chi connectivity index (χ4v) is 3.93. The zero-order chi connectivity index (χ0) is 28.3. The number of halogens is 2. The maximum atomic E-state index is 14.9. The van der Waals surface area contributed by atoms with Gasteiger partial charge in [0.2, 0.25) is 0 Å². The number of nitrogens with one attached hydrogen (secondary N) is 2. The number of carbonyl (C=O) groups is 2. The zero-order valence-corrected chi connectivity index (χ0v) is 22.2. The van der Waals surface area contributed by atoms with E-state index in [2.05, 4.69) is 25.6 Å². The van der Waals surface area contributed by atoms with Gasteiger partial charge in [-0.3, -0.25) is 19.6 Å². The first kappa shape index (κ1) is 27.6. The van der Waals surface area contributed by atoms with Gasteiger partial charge in [-0.2, -0.15) is 4.99 Å². The largest absolute Gasteiger partial charge is 0.387 e. The normalized spacial score (nSPS) is 14.2. The SMILES string of the molecule is CN/C(=C\C(N)=NC(=O)C1CC1)c1cncc(-c2cc(NC(=O)c3ccnc(C(C)(C)F)c3)c(F)cc2C)c1. The number of nitrogens with two attached hydrogens (primary N) is 1. The number of anilines is 1. The number of amidine groups is 1. The molecule has 3 aromatic rings. The van der Waals surface area contributed by atoms with Gasteiger partial charge >= 0.3 is 0 Å². The molecule has 0 aliphatic heterocycles. The molecular formula is C29H30F2N6O2. The van der Waals surface area contributed by atoms with Crippen LogP contribution in [-0.4, -0.2) is 34.7 Å². The third-order valence-electron chi connectivity index (χ3n) is 6.28. The maximum absolute atomic E-state index is 14.9. The minimum absolute atomic E-state index is 0.0349. The van der Waals surface area contributed by atoms with Crippen molar-refractivity contribution in [2.45, 2.75) is 39.3 Å². The van der Waals surface area contributed by atoms with E-state index in [-0.39, 0.29) is 34.6 Å². The number of benzene rings is 1. The van der Waals surface area contributed by atoms with Crippen LogP contribution in [0.15, 0.2) is 60.0 Å². The summed E-state index contributed by atoms with van der Waals surface area (Å²) in [7, 11) is 1.71. The third-order valence-corrected chi connectivity index (χ3v) is 6.28. The summed E-state index contributed by atoms with van der Waals surface area (Å²) in [5.74, 6) is -1.39. The van der Waals surface area contributed by atoms with Gasteiger partial charge in [-0.1, -0.05) is 0 Å². The molecule has 8 nitrogen and oxygen atoms in total. The van der Waals surface area contributed by atoms with E-state index in [1.54, 1.807) is 32.4 Å². The second-order valence-corrected chi connectivity index (χ2v) is 9.92. The molecule has 0 saturated heterocycles. The van der Waals surface area contributed by atoms with E-state index in [1.165, 1.54) is 44.3 Å². The number of alkyl halides is 1. The highest BCUT2D eigenvalue weighted by atomic mass is 19.1. The van der Waals surface area contributed by atoms with E-state index in [9.17, 15) is 18.4 Å². The second-order valence-electron chi connectivity index (χ2n) is 9.92. The Balaban J connectivity index is 1.63. The number of hydrogen-bond acceptors (Lipinski definition) is 5. The van der Waals surface area contributed by atoms with E-state index in [0.717, 1.165) is 12.8 Å². The number of aromatic nitrogens is 2. The van der Waals surface area contributed by atoms with Crippen molar-refractivity contribution in [1.82, 2.24) is 15.3 Å². The lowest BCUT2D eigenvalue weighted by molar-refractivity contribution is -0.118. The molecule has 1 aromatic carbocycles. The van der Waals surface area contributed by atoms with Gasteiger partial charge in [0.25, 0.3) is 11.8 Å². The van der Waals surface area contributed by atoms with Gasteiger partial charge in [0.1, 0.15) is 17.3 Å². The van der Waals surface area contributed by atoms with Crippen molar-refractivity contribution in [3.63, 3.8) is 0 Å². The van der Waals surface area contributed by atoms with Gasteiger partial charge < -0.3 is 16.4 Å². The molecule has 2 aromatic heterocycles. The van der Waals surface area contributed by atoms with E-state index in [0.29, 0.717) is 28.0 Å². The van der Waals surface area contributed by atoms with Crippen LogP contribution in [0.1, 0.15) is 53.9 Å². The first-order valence-corrected chi connectivity index (χ1v) is 12.5. The fourth-order valence-electron chi connectivity index (χ4n) is 3.93. The molecule has 0 radical (unpaired) electrons. The minimum Gasteiger partial charge on any atom is -0.387 e. The number of hydrogen-bond donors (Lipinski definition) is 3. The van der Waals surface area contributed by atoms with Crippen LogP contribution in [0.25, 0.3) is 16.8 Å². The molecule has 1 fully saturated rings. The first-order valence-electron chi connectivity index (χ1n) is 12.5. The smallest absolute Gasteiger partial charge is 0.255 e. The zero-order valence-electron chi connectivity index (χ0n) is 22.2. The number of pyridine rings is 2. The van der Waals surface area contributed by atoms with E-state index >= 15 is 0 Å². The van der Waals surface area contributed by atoms with Crippen LogP contribution in [0.4, 0.5) is 14.5 Å². The molecule has 39 heavy (non-hydrogen) atoms. The van der Waals surface area contributed by atoms with Crippen molar-refractivity contribution < 1.29 is 18.4 Å². The monoisotopic (exact) mass is 532 g/mol. The summed E-state index contributed by atoms with van der Waals surface area (Å²) in [4.78, 5) is 37.1. The first-order chi connectivity index (χ1) is 18.5. The van der Waals surface area contributed by atoms with Crippen molar-refractivity contribution in [1.29, 1.82) is 0 Å². The molecule has 1 saturated carbocycles. The standard InChI is InChI=1S/C29H30F2N6O2/c1-16-9-22(30)24(36-28(39)18-7-8-35-25(11-18)29(2,3)31)12-21(16)19-10-20(15-34-14-19)23(33-4)13-26(32)37-27(38)17-5-6-17/h7-15,17,33H,5-6H2,1-4H3,(H,36,39)(H2,32,37,38)/b23-13-. The molecule has 0 spiro atoms. The van der Waals surface area contributed by atoms with Gasteiger partial charge in [-0.05, 0) is 75.1 Å². The van der Waals surface area contributed by atoms with Crippen molar-refractivity contribution in [2.24, 2.45) is 16.6 Å². The van der Waals surface area contributed by atoms with Crippen LogP contribution >= 0.6 is 0 Å². The third kappa shape index (κ3) is 6.70. The molecule has 2 heterocycles. The molecule has 202 valence electrons. The lowest BCUT2D eigenvalue weighted by atomic mass is 9.99. The number of carbonyl (C=O) groups excluding carboxylic acids is 2. The minimum atomic E-state index is -1.74. The van der Waals surface area contributed by atoms with Crippen molar-refractivity contribution >= 4 is 29.0 Å². The predicted molar refractivity (Wildman–Crippen MR) is 147 cm³/mol. The number of amides is 2. The van der Waals surface area contributed by atoms with E-state index < -0.39 is 17.4 Å². The van der Waals surface area contributed by atoms with Gasteiger partial charge in [0.15, 0.2) is 0 Å². The summed E-state index contributed by atoms with van der Waals surface area (Å²) in [6.45, 7) is 4.43. The highest BCUT2D eigenvalue weighted by Gasteiger charge is 2.29. The van der Waals surface area contributed by atoms with Crippen LogP contribution < -0.4 is 16.4 Å². The topological polar surface area (TPSA) is 122 Å². The fraction of sp³-hybridized carbons (Fsp3) is 0.276. The molecule has 10 heteroatoms. The summed E-state index contributed by atoms with van der Waals surface area (Å²) in [5, 5.41) is 5.62. The molecular weight excluding hydrogens is 502 g/mol.